The van der Waals surface area contributed by atoms with Crippen LogP contribution in [0.4, 0.5) is 0 Å². The van der Waals surface area contributed by atoms with Gasteiger partial charge in [-0.3, -0.25) is 0 Å². The van der Waals surface area contributed by atoms with Crippen LogP contribution in [-0.2, 0) is 16.6 Å². The lowest BCUT2D eigenvalue weighted by molar-refractivity contribution is 0.271. The summed E-state index contributed by atoms with van der Waals surface area (Å²) in [6.07, 6.45) is 2.15. The Morgan fingerprint density at radius 1 is 1.48 bits per heavy atom. The summed E-state index contributed by atoms with van der Waals surface area (Å²) >= 11 is 5.99. The van der Waals surface area contributed by atoms with Gasteiger partial charge in [0.1, 0.15) is 0 Å². The maximum Gasteiger partial charge on any atom is 0.242 e. The minimum atomic E-state index is -3.51. The Morgan fingerprint density at radius 3 is 2.76 bits per heavy atom. The Morgan fingerprint density at radius 2 is 2.19 bits per heavy atom. The van der Waals surface area contributed by atoms with Gasteiger partial charge in [0.25, 0.3) is 0 Å². The second-order valence-electron chi connectivity index (χ2n) is 5.52. The molecule has 7 heteroatoms. The van der Waals surface area contributed by atoms with Crippen molar-refractivity contribution in [3.63, 3.8) is 0 Å². The number of halogens is 1. The number of rotatable bonds is 5. The lowest BCUT2D eigenvalue weighted by Gasteiger charge is -2.25. The zero-order valence-corrected chi connectivity index (χ0v) is 14.0. The van der Waals surface area contributed by atoms with Crippen molar-refractivity contribution in [1.29, 1.82) is 0 Å². The molecule has 0 bridgehead atoms. The van der Waals surface area contributed by atoms with Gasteiger partial charge in [-0.15, -0.1) is 0 Å². The highest BCUT2D eigenvalue weighted by atomic mass is 35.5. The monoisotopic (exact) mass is 331 g/mol. The van der Waals surface area contributed by atoms with Crippen LogP contribution in [0.15, 0.2) is 23.1 Å². The summed E-state index contributed by atoms with van der Waals surface area (Å²) in [4.78, 5) is 2.45. The highest BCUT2D eigenvalue weighted by Crippen LogP contribution is 2.23. The predicted molar refractivity (Wildman–Crippen MR) is 84.8 cm³/mol. The van der Waals surface area contributed by atoms with E-state index in [0.717, 1.165) is 19.4 Å². The van der Waals surface area contributed by atoms with Crippen LogP contribution in [0.2, 0.25) is 5.02 Å². The summed E-state index contributed by atoms with van der Waals surface area (Å²) in [6.45, 7) is 1.74. The number of hydrogen-bond acceptors (Lipinski definition) is 4. The molecular formula is C14H22ClN3O2S. The minimum absolute atomic E-state index is 0.220. The van der Waals surface area contributed by atoms with Crippen LogP contribution in [0.3, 0.4) is 0 Å². The van der Waals surface area contributed by atoms with Gasteiger partial charge in [-0.1, -0.05) is 11.6 Å². The molecule has 1 aromatic rings. The summed E-state index contributed by atoms with van der Waals surface area (Å²) in [6, 6.07) is 4.97. The molecular weight excluding hydrogens is 310 g/mol. The highest BCUT2D eigenvalue weighted by Gasteiger charge is 2.28. The molecule has 21 heavy (non-hydrogen) atoms. The Balaban J connectivity index is 2.20. The molecule has 118 valence electrons. The molecule has 1 aliphatic heterocycles. The Hall–Kier alpha value is -0.660. The summed E-state index contributed by atoms with van der Waals surface area (Å²) in [5, 5.41) is 0.495. The van der Waals surface area contributed by atoms with Gasteiger partial charge >= 0.3 is 0 Å². The number of benzene rings is 1. The Kier molecular flexibility index (Phi) is 5.27. The normalized spacial score (nSPS) is 20.3. The second kappa shape index (κ2) is 6.62. The van der Waals surface area contributed by atoms with Crippen molar-refractivity contribution in [2.45, 2.75) is 30.3 Å². The summed E-state index contributed by atoms with van der Waals surface area (Å²) in [7, 11) is 0.151. The lowest BCUT2D eigenvalue weighted by atomic mass is 10.2. The maximum absolute atomic E-state index is 12.6. The van der Waals surface area contributed by atoms with Gasteiger partial charge in [-0.25, -0.2) is 8.42 Å². The fourth-order valence-electron chi connectivity index (χ4n) is 2.65. The summed E-state index contributed by atoms with van der Waals surface area (Å²) in [5.74, 6) is 0. The standard InChI is InChI=1S/C14H22ClN3O2S/c1-17-7-3-4-12(17)10-18(2)21(19,20)13-5-6-14(15)11(8-13)9-16/h5-6,8,12H,3-4,7,9-10,16H2,1-2H3. The molecule has 5 nitrogen and oxygen atoms in total. The van der Waals surface area contributed by atoms with E-state index in [1.165, 1.54) is 10.4 Å². The predicted octanol–water partition coefficient (Wildman–Crippen LogP) is 1.51. The first-order chi connectivity index (χ1) is 9.86. The van der Waals surface area contributed by atoms with Crippen molar-refractivity contribution < 1.29 is 8.42 Å². The van der Waals surface area contributed by atoms with E-state index < -0.39 is 10.0 Å². The van der Waals surface area contributed by atoms with Crippen LogP contribution in [-0.4, -0.2) is 50.8 Å². The number of hydrogen-bond donors (Lipinski definition) is 1. The molecule has 0 aliphatic carbocycles. The highest BCUT2D eigenvalue weighted by molar-refractivity contribution is 7.89. The molecule has 0 radical (unpaired) electrons. The van der Waals surface area contributed by atoms with Crippen LogP contribution >= 0.6 is 11.6 Å². The number of sulfonamides is 1. The summed E-state index contributed by atoms with van der Waals surface area (Å²) < 4.78 is 26.7. The van der Waals surface area contributed by atoms with Crippen molar-refractivity contribution in [3.05, 3.63) is 28.8 Å². The van der Waals surface area contributed by atoms with Gasteiger partial charge in [0.05, 0.1) is 4.90 Å². The zero-order chi connectivity index (χ0) is 15.6. The first-order valence-corrected chi connectivity index (χ1v) is 8.83. The maximum atomic E-state index is 12.6. The molecule has 1 unspecified atom stereocenters. The Labute approximate surface area is 131 Å². The second-order valence-corrected chi connectivity index (χ2v) is 7.97. The molecule has 2 rings (SSSR count). The van der Waals surface area contributed by atoms with Crippen LogP contribution in [0.1, 0.15) is 18.4 Å². The SMILES string of the molecule is CN1CCCC1CN(C)S(=O)(=O)c1ccc(Cl)c(CN)c1. The molecule has 0 spiro atoms. The average molecular weight is 332 g/mol. The number of likely N-dealkylation sites (N-methyl/N-ethyl adjacent to an activating group) is 2. The quantitative estimate of drug-likeness (QED) is 0.888. The molecule has 1 aromatic carbocycles. The van der Waals surface area contributed by atoms with Crippen molar-refractivity contribution in [1.82, 2.24) is 9.21 Å². The third-order valence-electron chi connectivity index (χ3n) is 4.08. The molecule has 2 N–H and O–H groups in total. The van der Waals surface area contributed by atoms with Crippen LogP contribution < -0.4 is 5.73 Å². The third kappa shape index (κ3) is 3.57. The van der Waals surface area contributed by atoms with E-state index in [1.54, 1.807) is 19.2 Å². The first kappa shape index (κ1) is 16.7. The lowest BCUT2D eigenvalue weighted by Crippen LogP contribution is -2.39. The summed E-state index contributed by atoms with van der Waals surface area (Å²) in [5.41, 5.74) is 6.23. The number of likely N-dealkylation sites (tertiary alicyclic amines) is 1. The number of nitrogens with zero attached hydrogens (tertiary/aromatic N) is 2. The fourth-order valence-corrected chi connectivity index (χ4v) is 4.11. The van der Waals surface area contributed by atoms with Crippen LogP contribution in [0, 0.1) is 0 Å². The molecule has 1 saturated heterocycles. The Bertz CT molecular complexity index is 606. The first-order valence-electron chi connectivity index (χ1n) is 7.01. The van der Waals surface area contributed by atoms with E-state index in [1.807, 2.05) is 7.05 Å². The molecule has 0 saturated carbocycles. The number of nitrogens with two attached hydrogens (primary N) is 1. The van der Waals surface area contributed by atoms with E-state index in [2.05, 4.69) is 4.90 Å². The van der Waals surface area contributed by atoms with Crippen molar-refractivity contribution in [3.8, 4) is 0 Å². The van der Waals surface area contributed by atoms with Crippen molar-refractivity contribution in [2.24, 2.45) is 5.73 Å². The smallest absolute Gasteiger partial charge is 0.242 e. The van der Waals surface area contributed by atoms with E-state index in [9.17, 15) is 8.42 Å². The van der Waals surface area contributed by atoms with E-state index in [-0.39, 0.29) is 17.5 Å². The van der Waals surface area contributed by atoms with Crippen molar-refractivity contribution in [2.75, 3.05) is 27.2 Å². The molecule has 1 atom stereocenters. The van der Waals surface area contributed by atoms with Gasteiger partial charge in [0, 0.05) is 31.2 Å². The molecule has 0 amide bonds. The minimum Gasteiger partial charge on any atom is -0.326 e. The zero-order valence-electron chi connectivity index (χ0n) is 12.4. The third-order valence-corrected chi connectivity index (χ3v) is 6.27. The largest absolute Gasteiger partial charge is 0.326 e. The average Bonchev–Trinajstić information content (AvgIpc) is 2.84. The van der Waals surface area contributed by atoms with Crippen LogP contribution in [0.25, 0.3) is 0 Å². The molecule has 1 fully saturated rings. The topological polar surface area (TPSA) is 66.6 Å². The van der Waals surface area contributed by atoms with Gasteiger partial charge in [0.2, 0.25) is 10.0 Å². The van der Waals surface area contributed by atoms with Crippen LogP contribution in [0.5, 0.6) is 0 Å². The van der Waals surface area contributed by atoms with Gasteiger partial charge in [0.15, 0.2) is 0 Å². The van der Waals surface area contributed by atoms with Gasteiger partial charge in [-0.2, -0.15) is 4.31 Å². The van der Waals surface area contributed by atoms with Gasteiger partial charge in [-0.05, 0) is 50.2 Å². The molecule has 0 aromatic heterocycles. The van der Waals surface area contributed by atoms with E-state index in [0.29, 0.717) is 17.1 Å². The van der Waals surface area contributed by atoms with E-state index >= 15 is 0 Å². The van der Waals surface area contributed by atoms with E-state index in [4.69, 9.17) is 17.3 Å². The fraction of sp³-hybridized carbons (Fsp3) is 0.571. The van der Waals surface area contributed by atoms with Crippen molar-refractivity contribution >= 4 is 21.6 Å². The molecule has 1 aliphatic rings. The molecule has 1 heterocycles. The van der Waals surface area contributed by atoms with Gasteiger partial charge < -0.3 is 10.6 Å².